The fraction of sp³-hybridized carbons (Fsp3) is 0.667. The molecule has 9 heteroatoms. The number of carbonyl (C=O) groups is 2. The molecule has 0 aliphatic carbocycles. The molecule has 136 valence electrons. The van der Waals surface area contributed by atoms with Gasteiger partial charge in [0.2, 0.25) is 16.3 Å². The number of amides is 1. The topological polar surface area (TPSA) is 102 Å². The number of aromatic nitrogens is 1. The van der Waals surface area contributed by atoms with Gasteiger partial charge < -0.3 is 19.6 Å². The summed E-state index contributed by atoms with van der Waals surface area (Å²) in [5.41, 5.74) is -0.878. The zero-order valence-corrected chi connectivity index (χ0v) is 17.0. The van der Waals surface area contributed by atoms with E-state index in [2.05, 4.69) is 26.2 Å². The molecule has 0 bridgehead atoms. The average Bonchev–Trinajstić information content (AvgIpc) is 2.73. The summed E-state index contributed by atoms with van der Waals surface area (Å²) in [6.07, 6.45) is -0.617. The van der Waals surface area contributed by atoms with Crippen LogP contribution in [0.2, 0.25) is 0 Å². The Balaban J connectivity index is 2.98. The molecule has 1 rings (SSSR count). The highest BCUT2D eigenvalue weighted by atomic mass is 79.9. The summed E-state index contributed by atoms with van der Waals surface area (Å²) in [6, 6.07) is -0.617. The maximum absolute atomic E-state index is 12.1. The van der Waals surface area contributed by atoms with Crippen molar-refractivity contribution in [2.45, 2.75) is 57.9 Å². The van der Waals surface area contributed by atoms with Gasteiger partial charge in [0, 0.05) is 10.5 Å². The van der Waals surface area contributed by atoms with Crippen molar-refractivity contribution >= 4 is 39.8 Å². The van der Waals surface area contributed by atoms with Gasteiger partial charge in [0.15, 0.2) is 0 Å². The molecule has 0 unspecified atom stereocenters. The van der Waals surface area contributed by atoms with E-state index in [-0.39, 0.29) is 21.0 Å². The number of alkyl carbamates (subject to hydrolysis) is 1. The fourth-order valence-electron chi connectivity index (χ4n) is 1.56. The average molecular weight is 423 g/mol. The number of carboxylic acid groups (broad SMARTS) is 1. The Labute approximate surface area is 154 Å². The number of carbonyl (C=O) groups excluding carboxylic acids is 1. The van der Waals surface area contributed by atoms with Crippen LogP contribution in [0.5, 0.6) is 0 Å². The summed E-state index contributed by atoms with van der Waals surface area (Å²) in [5.74, 6) is -0.646. The third-order valence-corrected chi connectivity index (χ3v) is 4.38. The highest BCUT2D eigenvalue weighted by Crippen LogP contribution is 2.30. The lowest BCUT2D eigenvalue weighted by Crippen LogP contribution is -2.36. The van der Waals surface area contributed by atoms with Gasteiger partial charge in [-0.05, 0) is 36.7 Å². The lowest BCUT2D eigenvalue weighted by Gasteiger charge is -2.24. The maximum atomic E-state index is 12.1. The zero-order valence-electron chi connectivity index (χ0n) is 14.6. The van der Waals surface area contributed by atoms with Gasteiger partial charge in [-0.1, -0.05) is 20.8 Å². The van der Waals surface area contributed by atoms with Gasteiger partial charge in [-0.15, -0.1) is 0 Å². The Bertz CT molecular complexity index is 604. The van der Waals surface area contributed by atoms with E-state index in [1.165, 1.54) is 0 Å². The van der Waals surface area contributed by atoms with Crippen LogP contribution in [0, 0.1) is 0 Å². The van der Waals surface area contributed by atoms with E-state index in [4.69, 9.17) is 14.3 Å². The van der Waals surface area contributed by atoms with Crippen molar-refractivity contribution in [2.75, 3.05) is 5.75 Å². The lowest BCUT2D eigenvalue weighted by molar-refractivity contribution is 0.0501. The Morgan fingerprint density at radius 3 is 2.33 bits per heavy atom. The molecule has 0 spiro atoms. The van der Waals surface area contributed by atoms with Crippen LogP contribution >= 0.6 is 27.7 Å². The fourth-order valence-corrected chi connectivity index (χ4v) is 2.87. The number of aromatic carboxylic acids is 1. The van der Waals surface area contributed by atoms with E-state index in [1.807, 2.05) is 20.8 Å². The predicted octanol–water partition coefficient (Wildman–Crippen LogP) is 4.23. The van der Waals surface area contributed by atoms with Gasteiger partial charge in [-0.25, -0.2) is 14.6 Å². The second kappa shape index (κ2) is 7.77. The van der Waals surface area contributed by atoms with Crippen LogP contribution in [-0.4, -0.2) is 38.3 Å². The van der Waals surface area contributed by atoms with E-state index in [1.54, 1.807) is 32.5 Å². The van der Waals surface area contributed by atoms with E-state index in [9.17, 15) is 9.59 Å². The molecule has 24 heavy (non-hydrogen) atoms. The van der Waals surface area contributed by atoms with Crippen LogP contribution in [0.3, 0.4) is 0 Å². The van der Waals surface area contributed by atoms with Crippen molar-refractivity contribution in [3.8, 4) is 0 Å². The summed E-state index contributed by atoms with van der Waals surface area (Å²) in [4.78, 5) is 27.1. The summed E-state index contributed by atoms with van der Waals surface area (Å²) >= 11 is 4.62. The second-order valence-corrected chi connectivity index (χ2v) is 9.67. The van der Waals surface area contributed by atoms with E-state index in [0.717, 1.165) is 0 Å². The maximum Gasteiger partial charge on any atom is 0.408 e. The molecular formula is C15H23BrN2O5S. The minimum absolute atomic E-state index is 0.0155. The molecule has 2 N–H and O–H groups in total. The molecule has 0 saturated carbocycles. The normalized spacial score (nSPS) is 13.5. The zero-order chi connectivity index (χ0) is 18.7. The molecule has 0 saturated heterocycles. The van der Waals surface area contributed by atoms with Crippen LogP contribution in [0.1, 0.15) is 64.0 Å². The molecule has 0 aliphatic heterocycles. The molecule has 1 heterocycles. The van der Waals surface area contributed by atoms with Crippen molar-refractivity contribution < 1.29 is 23.8 Å². The first-order chi connectivity index (χ1) is 10.8. The molecule has 0 aromatic carbocycles. The van der Waals surface area contributed by atoms with Gasteiger partial charge >= 0.3 is 12.1 Å². The number of rotatable bonds is 5. The molecule has 0 aliphatic rings. The highest BCUT2D eigenvalue weighted by Gasteiger charge is 2.28. The summed E-state index contributed by atoms with van der Waals surface area (Å²) < 4.78 is 10.6. The number of hydrogen-bond donors (Lipinski definition) is 2. The SMILES string of the molecule is CC(C)(C)OC(=O)N[C@@H](CSC(C)(C)C)c1nc(C(=O)O)c(Br)o1. The number of hydrogen-bond acceptors (Lipinski definition) is 6. The van der Waals surface area contributed by atoms with Crippen molar-refractivity contribution in [3.05, 3.63) is 16.3 Å². The molecule has 0 radical (unpaired) electrons. The van der Waals surface area contributed by atoms with Gasteiger partial charge in [0.05, 0.1) is 0 Å². The number of ether oxygens (including phenoxy) is 1. The smallest absolute Gasteiger partial charge is 0.408 e. The molecule has 1 aromatic heterocycles. The molecule has 0 fully saturated rings. The van der Waals surface area contributed by atoms with Gasteiger partial charge in [-0.3, -0.25) is 0 Å². The minimum atomic E-state index is -1.21. The van der Waals surface area contributed by atoms with Crippen LogP contribution in [0.4, 0.5) is 4.79 Å². The van der Waals surface area contributed by atoms with E-state index < -0.39 is 23.7 Å². The van der Waals surface area contributed by atoms with Crippen LogP contribution in [-0.2, 0) is 4.74 Å². The van der Waals surface area contributed by atoms with E-state index in [0.29, 0.717) is 5.75 Å². The van der Waals surface area contributed by atoms with Crippen molar-refractivity contribution in [1.82, 2.24) is 10.3 Å². The summed E-state index contributed by atoms with van der Waals surface area (Å²) in [6.45, 7) is 11.4. The van der Waals surface area contributed by atoms with Crippen molar-refractivity contribution in [3.63, 3.8) is 0 Å². The monoisotopic (exact) mass is 422 g/mol. The number of carboxylic acids is 1. The molecule has 1 aromatic rings. The number of thioether (sulfide) groups is 1. The standard InChI is InChI=1S/C15H23BrN2O5S/c1-14(2,3)23-13(21)17-8(7-24-15(4,5)6)11-18-9(12(19)20)10(16)22-11/h8H,7H2,1-6H3,(H,17,21)(H,19,20)/t8-/m0/s1. The molecular weight excluding hydrogens is 400 g/mol. The van der Waals surface area contributed by atoms with Gasteiger partial charge in [0.1, 0.15) is 11.6 Å². The van der Waals surface area contributed by atoms with Crippen LogP contribution < -0.4 is 5.32 Å². The minimum Gasteiger partial charge on any atom is -0.476 e. The summed E-state index contributed by atoms with van der Waals surface area (Å²) in [5, 5.41) is 11.8. The molecule has 7 nitrogen and oxygen atoms in total. The van der Waals surface area contributed by atoms with E-state index >= 15 is 0 Å². The van der Waals surface area contributed by atoms with Crippen molar-refractivity contribution in [2.24, 2.45) is 0 Å². The van der Waals surface area contributed by atoms with Gasteiger partial charge in [-0.2, -0.15) is 11.8 Å². The quantitative estimate of drug-likeness (QED) is 0.731. The Morgan fingerprint density at radius 1 is 1.33 bits per heavy atom. The van der Waals surface area contributed by atoms with Crippen LogP contribution in [0.25, 0.3) is 0 Å². The second-order valence-electron chi connectivity index (χ2n) is 7.10. The Hall–Kier alpha value is -1.22. The number of oxazole rings is 1. The number of nitrogens with zero attached hydrogens (tertiary/aromatic N) is 1. The van der Waals surface area contributed by atoms with Crippen LogP contribution in [0.15, 0.2) is 9.09 Å². The molecule has 1 atom stereocenters. The molecule has 1 amide bonds. The Kier molecular flexibility index (Phi) is 6.75. The van der Waals surface area contributed by atoms with Gasteiger partial charge in [0.25, 0.3) is 0 Å². The first-order valence-electron chi connectivity index (χ1n) is 7.31. The number of halogens is 1. The largest absolute Gasteiger partial charge is 0.476 e. The lowest BCUT2D eigenvalue weighted by atomic mass is 10.2. The Morgan fingerprint density at radius 2 is 1.92 bits per heavy atom. The number of nitrogens with one attached hydrogen (secondary N) is 1. The van der Waals surface area contributed by atoms with Crippen molar-refractivity contribution in [1.29, 1.82) is 0 Å². The predicted molar refractivity (Wildman–Crippen MR) is 95.5 cm³/mol. The summed E-state index contributed by atoms with van der Waals surface area (Å²) in [7, 11) is 0. The first-order valence-corrected chi connectivity index (χ1v) is 9.09. The first kappa shape index (κ1) is 20.8. The third kappa shape index (κ3) is 7.12. The highest BCUT2D eigenvalue weighted by molar-refractivity contribution is 9.10. The third-order valence-electron chi connectivity index (χ3n) is 2.48.